The second-order valence-corrected chi connectivity index (χ2v) is 6.46. The zero-order chi connectivity index (χ0) is 16.8. The molecule has 1 aromatic heterocycles. The van der Waals surface area contributed by atoms with E-state index in [0.717, 1.165) is 32.0 Å². The summed E-state index contributed by atoms with van der Waals surface area (Å²) in [6.07, 6.45) is 3.78. The molecule has 0 saturated carbocycles. The topological polar surface area (TPSA) is 79.6 Å². The van der Waals surface area contributed by atoms with Crippen LogP contribution in [-0.4, -0.2) is 64.9 Å². The molecule has 0 spiro atoms. The molecule has 2 rings (SSSR count). The fourth-order valence-electron chi connectivity index (χ4n) is 3.21. The van der Waals surface area contributed by atoms with Gasteiger partial charge in [-0.05, 0) is 11.8 Å². The van der Waals surface area contributed by atoms with Crippen molar-refractivity contribution in [1.29, 1.82) is 0 Å². The Labute approximate surface area is 137 Å². The molecule has 23 heavy (non-hydrogen) atoms. The molecule has 1 aliphatic rings. The summed E-state index contributed by atoms with van der Waals surface area (Å²) in [6, 6.07) is 0.0806. The zero-order valence-electron chi connectivity index (χ0n) is 14.2. The van der Waals surface area contributed by atoms with E-state index in [0.29, 0.717) is 18.4 Å². The first-order valence-electron chi connectivity index (χ1n) is 8.16. The molecule has 2 atom stereocenters. The van der Waals surface area contributed by atoms with Crippen molar-refractivity contribution in [3.63, 3.8) is 0 Å². The molecule has 0 aromatic carbocycles. The average molecular weight is 324 g/mol. The Bertz CT molecular complexity index is 503. The highest BCUT2D eigenvalue weighted by Gasteiger charge is 2.35. The zero-order valence-corrected chi connectivity index (χ0v) is 14.2. The summed E-state index contributed by atoms with van der Waals surface area (Å²) in [7, 11) is 1.69. The van der Waals surface area contributed by atoms with Gasteiger partial charge in [-0.2, -0.15) is 0 Å². The molecule has 0 radical (unpaired) electrons. The Kier molecular flexibility index (Phi) is 6.56. The van der Waals surface area contributed by atoms with Crippen LogP contribution in [0.2, 0.25) is 0 Å². The highest BCUT2D eigenvalue weighted by atomic mass is 16.5. The van der Waals surface area contributed by atoms with Crippen molar-refractivity contribution in [2.75, 3.05) is 33.4 Å². The van der Waals surface area contributed by atoms with Crippen LogP contribution in [0.25, 0.3) is 0 Å². The highest BCUT2D eigenvalue weighted by molar-refractivity contribution is 5.77. The maximum absolute atomic E-state index is 11.5. The minimum atomic E-state index is -0.456. The number of carbonyl (C=O) groups excluding carboxylic acids is 1. The Morgan fingerprint density at radius 1 is 1.52 bits per heavy atom. The minimum absolute atomic E-state index is 0.0806. The lowest BCUT2D eigenvalue weighted by Gasteiger charge is -2.22. The third kappa shape index (κ3) is 4.76. The Morgan fingerprint density at radius 2 is 2.30 bits per heavy atom. The van der Waals surface area contributed by atoms with Crippen molar-refractivity contribution in [3.8, 4) is 0 Å². The number of likely N-dealkylation sites (tertiary alicyclic amines) is 1. The SMILES string of the molecule is COCCn1ccnc1CN1C[C@@H](NC(=O)CO)[C@H](C(C)C)C1. The van der Waals surface area contributed by atoms with Gasteiger partial charge in [0.1, 0.15) is 12.4 Å². The van der Waals surface area contributed by atoms with Gasteiger partial charge in [-0.25, -0.2) is 4.98 Å². The Balaban J connectivity index is 1.98. The van der Waals surface area contributed by atoms with E-state index < -0.39 is 6.61 Å². The second kappa shape index (κ2) is 8.42. The van der Waals surface area contributed by atoms with Crippen LogP contribution in [0, 0.1) is 11.8 Å². The molecule has 0 unspecified atom stereocenters. The minimum Gasteiger partial charge on any atom is -0.387 e. The molecule has 2 heterocycles. The van der Waals surface area contributed by atoms with E-state index in [9.17, 15) is 4.79 Å². The lowest BCUT2D eigenvalue weighted by atomic mass is 9.91. The van der Waals surface area contributed by atoms with Crippen LogP contribution >= 0.6 is 0 Å². The maximum atomic E-state index is 11.5. The van der Waals surface area contributed by atoms with Gasteiger partial charge in [-0.1, -0.05) is 13.8 Å². The van der Waals surface area contributed by atoms with Gasteiger partial charge in [-0.15, -0.1) is 0 Å². The molecular weight excluding hydrogens is 296 g/mol. The van der Waals surface area contributed by atoms with Gasteiger partial charge in [0.25, 0.3) is 0 Å². The number of imidazole rings is 1. The van der Waals surface area contributed by atoms with Crippen LogP contribution in [0.5, 0.6) is 0 Å². The standard InChI is InChI=1S/C16H28N4O3/c1-12(2)13-8-19(9-14(13)18-16(22)11-21)10-15-17-4-5-20(15)6-7-23-3/h4-5,12-14,21H,6-11H2,1-3H3,(H,18,22)/t13-,14+/m0/s1. The summed E-state index contributed by atoms with van der Waals surface area (Å²) in [6.45, 7) is 7.80. The number of hydrogen-bond donors (Lipinski definition) is 2. The molecule has 0 aliphatic carbocycles. The summed E-state index contributed by atoms with van der Waals surface area (Å²) in [5, 5.41) is 11.9. The molecular formula is C16H28N4O3. The van der Waals surface area contributed by atoms with E-state index in [1.165, 1.54) is 0 Å². The molecule has 1 aliphatic heterocycles. The number of carbonyl (C=O) groups is 1. The molecule has 2 N–H and O–H groups in total. The quantitative estimate of drug-likeness (QED) is 0.709. The lowest BCUT2D eigenvalue weighted by Crippen LogP contribution is -2.43. The second-order valence-electron chi connectivity index (χ2n) is 6.46. The van der Waals surface area contributed by atoms with Crippen LogP contribution in [-0.2, 0) is 22.6 Å². The number of amides is 1. The summed E-state index contributed by atoms with van der Waals surface area (Å²) in [5.74, 6) is 1.56. The van der Waals surface area contributed by atoms with Crippen molar-refractivity contribution in [3.05, 3.63) is 18.2 Å². The first-order chi connectivity index (χ1) is 11.0. The monoisotopic (exact) mass is 324 g/mol. The highest BCUT2D eigenvalue weighted by Crippen LogP contribution is 2.25. The van der Waals surface area contributed by atoms with E-state index in [-0.39, 0.29) is 11.9 Å². The molecule has 130 valence electrons. The average Bonchev–Trinajstić information content (AvgIpc) is 3.12. The third-order valence-corrected chi connectivity index (χ3v) is 4.49. The Morgan fingerprint density at radius 3 is 2.96 bits per heavy atom. The van der Waals surface area contributed by atoms with Gasteiger partial charge in [0.2, 0.25) is 5.91 Å². The molecule has 1 fully saturated rings. The van der Waals surface area contributed by atoms with Crippen molar-refractivity contribution < 1.29 is 14.6 Å². The van der Waals surface area contributed by atoms with E-state index >= 15 is 0 Å². The largest absolute Gasteiger partial charge is 0.387 e. The van der Waals surface area contributed by atoms with Crippen molar-refractivity contribution in [2.24, 2.45) is 11.8 Å². The molecule has 1 aromatic rings. The van der Waals surface area contributed by atoms with E-state index in [2.05, 4.69) is 33.6 Å². The molecule has 7 heteroatoms. The normalized spacial score (nSPS) is 22.0. The van der Waals surface area contributed by atoms with Crippen LogP contribution < -0.4 is 5.32 Å². The van der Waals surface area contributed by atoms with E-state index in [4.69, 9.17) is 9.84 Å². The van der Waals surface area contributed by atoms with Crippen molar-refractivity contribution in [2.45, 2.75) is 33.0 Å². The fourth-order valence-corrected chi connectivity index (χ4v) is 3.21. The van der Waals surface area contributed by atoms with Crippen molar-refractivity contribution in [1.82, 2.24) is 19.8 Å². The van der Waals surface area contributed by atoms with Crippen LogP contribution in [0.4, 0.5) is 0 Å². The van der Waals surface area contributed by atoms with Gasteiger partial charge < -0.3 is 19.7 Å². The summed E-state index contributed by atoms with van der Waals surface area (Å²) in [4.78, 5) is 18.3. The first-order valence-corrected chi connectivity index (χ1v) is 8.16. The fraction of sp³-hybridized carbons (Fsp3) is 0.750. The van der Waals surface area contributed by atoms with Gasteiger partial charge in [0, 0.05) is 45.2 Å². The Hall–Kier alpha value is -1.44. The maximum Gasteiger partial charge on any atom is 0.245 e. The molecule has 7 nitrogen and oxygen atoms in total. The van der Waals surface area contributed by atoms with Gasteiger partial charge >= 0.3 is 0 Å². The molecule has 0 bridgehead atoms. The van der Waals surface area contributed by atoms with Crippen molar-refractivity contribution >= 4 is 5.91 Å². The summed E-state index contributed by atoms with van der Waals surface area (Å²) < 4.78 is 7.23. The number of nitrogens with one attached hydrogen (secondary N) is 1. The predicted octanol–water partition coefficient (Wildman–Crippen LogP) is 0.0944. The number of aliphatic hydroxyl groups excluding tert-OH is 1. The summed E-state index contributed by atoms with van der Waals surface area (Å²) >= 11 is 0. The first kappa shape index (κ1) is 17.9. The van der Waals surface area contributed by atoms with Crippen LogP contribution in [0.1, 0.15) is 19.7 Å². The van der Waals surface area contributed by atoms with Crippen LogP contribution in [0.3, 0.4) is 0 Å². The number of methoxy groups -OCH3 is 1. The van der Waals surface area contributed by atoms with Gasteiger partial charge in [0.05, 0.1) is 13.2 Å². The number of rotatable bonds is 8. The molecule has 1 amide bonds. The number of hydrogen-bond acceptors (Lipinski definition) is 5. The van der Waals surface area contributed by atoms with Gasteiger partial charge in [0.15, 0.2) is 0 Å². The van der Waals surface area contributed by atoms with Gasteiger partial charge in [-0.3, -0.25) is 9.69 Å². The number of aromatic nitrogens is 2. The van der Waals surface area contributed by atoms with Crippen LogP contribution in [0.15, 0.2) is 12.4 Å². The smallest absolute Gasteiger partial charge is 0.245 e. The predicted molar refractivity (Wildman–Crippen MR) is 86.7 cm³/mol. The van der Waals surface area contributed by atoms with E-state index in [1.54, 1.807) is 7.11 Å². The number of ether oxygens (including phenoxy) is 1. The number of aliphatic hydroxyl groups is 1. The summed E-state index contributed by atoms with van der Waals surface area (Å²) in [5.41, 5.74) is 0. The lowest BCUT2D eigenvalue weighted by molar-refractivity contribution is -0.124. The molecule has 1 saturated heterocycles. The third-order valence-electron chi connectivity index (χ3n) is 4.49. The van der Waals surface area contributed by atoms with E-state index in [1.807, 2.05) is 12.4 Å². The number of nitrogens with zero attached hydrogens (tertiary/aromatic N) is 3.